The van der Waals surface area contributed by atoms with Crippen molar-refractivity contribution in [3.05, 3.63) is 11.8 Å². The molecule has 8 nitrogen and oxygen atoms in total. The SMILES string of the molecule is Cn1nnnc1SC1(C)C=C(C(=O)O)N2C(=O)C[C@H]2S1. The second kappa shape index (κ2) is 4.48. The fourth-order valence-corrected chi connectivity index (χ4v) is 4.91. The van der Waals surface area contributed by atoms with Crippen LogP contribution in [-0.4, -0.2) is 51.5 Å². The summed E-state index contributed by atoms with van der Waals surface area (Å²) < 4.78 is 1.00. The lowest BCUT2D eigenvalue weighted by Crippen LogP contribution is -2.55. The van der Waals surface area contributed by atoms with Crippen molar-refractivity contribution < 1.29 is 14.7 Å². The number of nitrogens with zero attached hydrogens (tertiary/aromatic N) is 5. The Morgan fingerprint density at radius 2 is 2.40 bits per heavy atom. The minimum absolute atomic E-state index is 0.0372. The smallest absolute Gasteiger partial charge is 0.352 e. The second-order valence-corrected chi connectivity index (χ2v) is 7.88. The third-order valence-electron chi connectivity index (χ3n) is 3.03. The van der Waals surface area contributed by atoms with Crippen LogP contribution in [0.15, 0.2) is 16.9 Å². The number of aromatic nitrogens is 4. The Morgan fingerprint density at radius 1 is 1.65 bits per heavy atom. The molecule has 1 unspecified atom stereocenters. The van der Waals surface area contributed by atoms with E-state index in [1.165, 1.54) is 33.1 Å². The van der Waals surface area contributed by atoms with E-state index in [2.05, 4.69) is 15.5 Å². The van der Waals surface area contributed by atoms with Gasteiger partial charge in [-0.1, -0.05) is 11.8 Å². The highest BCUT2D eigenvalue weighted by Crippen LogP contribution is 2.52. The number of carbonyl (C=O) groups is 2. The van der Waals surface area contributed by atoms with Gasteiger partial charge in [0.1, 0.15) is 5.70 Å². The van der Waals surface area contributed by atoms with Crippen molar-refractivity contribution in [1.29, 1.82) is 0 Å². The number of β-lactam (4-membered cyclic amide) rings is 1. The highest BCUT2D eigenvalue weighted by Gasteiger charge is 2.49. The van der Waals surface area contributed by atoms with Crippen molar-refractivity contribution in [2.24, 2.45) is 7.05 Å². The largest absolute Gasteiger partial charge is 0.477 e. The molecule has 2 atom stereocenters. The quantitative estimate of drug-likeness (QED) is 0.795. The van der Waals surface area contributed by atoms with Gasteiger partial charge in [0.15, 0.2) is 0 Å². The summed E-state index contributed by atoms with van der Waals surface area (Å²) in [6, 6.07) is 0. The zero-order chi connectivity index (χ0) is 14.5. The van der Waals surface area contributed by atoms with Crippen LogP contribution in [0.4, 0.5) is 0 Å². The van der Waals surface area contributed by atoms with Crippen LogP contribution in [0, 0.1) is 0 Å². The molecule has 10 heteroatoms. The lowest BCUT2D eigenvalue weighted by atomic mass is 10.1. The average molecular weight is 313 g/mol. The maximum Gasteiger partial charge on any atom is 0.352 e. The number of aryl methyl sites for hydroxylation is 1. The van der Waals surface area contributed by atoms with E-state index >= 15 is 0 Å². The molecule has 1 aromatic heterocycles. The Bertz CT molecular complexity index is 630. The molecule has 1 saturated heterocycles. The summed E-state index contributed by atoms with van der Waals surface area (Å²) in [6.07, 6.45) is 1.95. The fourth-order valence-electron chi connectivity index (χ4n) is 2.10. The van der Waals surface area contributed by atoms with E-state index in [-0.39, 0.29) is 17.0 Å². The van der Waals surface area contributed by atoms with Crippen LogP contribution in [0.1, 0.15) is 13.3 Å². The molecule has 0 aromatic carbocycles. The normalized spacial score (nSPS) is 28.7. The van der Waals surface area contributed by atoms with Gasteiger partial charge in [-0.05, 0) is 23.4 Å². The Labute approximate surface area is 122 Å². The third-order valence-corrected chi connectivity index (χ3v) is 5.85. The molecule has 1 fully saturated rings. The number of amides is 1. The molecule has 1 aromatic rings. The molecule has 106 valence electrons. The van der Waals surface area contributed by atoms with E-state index in [1.807, 2.05) is 6.92 Å². The Kier molecular flexibility index (Phi) is 3.01. The zero-order valence-electron chi connectivity index (χ0n) is 10.7. The van der Waals surface area contributed by atoms with Gasteiger partial charge >= 0.3 is 5.97 Å². The van der Waals surface area contributed by atoms with Gasteiger partial charge in [0.05, 0.1) is 15.9 Å². The van der Waals surface area contributed by atoms with Crippen LogP contribution in [0.3, 0.4) is 0 Å². The van der Waals surface area contributed by atoms with E-state index in [0.717, 1.165) is 0 Å². The van der Waals surface area contributed by atoms with Crippen LogP contribution < -0.4 is 0 Å². The van der Waals surface area contributed by atoms with Crippen LogP contribution >= 0.6 is 23.5 Å². The van der Waals surface area contributed by atoms with E-state index in [0.29, 0.717) is 11.6 Å². The van der Waals surface area contributed by atoms with E-state index in [4.69, 9.17) is 0 Å². The molecule has 3 heterocycles. The summed E-state index contributed by atoms with van der Waals surface area (Å²) in [5.74, 6) is -1.24. The number of hydrogen-bond donors (Lipinski definition) is 1. The van der Waals surface area contributed by atoms with Gasteiger partial charge in [-0.25, -0.2) is 9.48 Å². The van der Waals surface area contributed by atoms with Crippen LogP contribution in [0.5, 0.6) is 0 Å². The van der Waals surface area contributed by atoms with Gasteiger partial charge in [-0.2, -0.15) is 0 Å². The van der Waals surface area contributed by atoms with Crippen LogP contribution in [0.2, 0.25) is 0 Å². The van der Waals surface area contributed by atoms with E-state index in [1.54, 1.807) is 13.1 Å². The highest BCUT2D eigenvalue weighted by molar-refractivity contribution is 8.18. The summed E-state index contributed by atoms with van der Waals surface area (Å²) in [5.41, 5.74) is 0.0372. The number of hydrogen-bond acceptors (Lipinski definition) is 7. The Morgan fingerprint density at radius 3 is 2.95 bits per heavy atom. The van der Waals surface area contributed by atoms with Crippen molar-refractivity contribution in [3.8, 4) is 0 Å². The number of carbonyl (C=O) groups excluding carboxylic acids is 1. The summed E-state index contributed by atoms with van der Waals surface area (Å²) >= 11 is 2.91. The summed E-state index contributed by atoms with van der Waals surface area (Å²) in [5, 5.41) is 20.9. The molecule has 0 radical (unpaired) electrons. The van der Waals surface area contributed by atoms with Crippen molar-refractivity contribution in [1.82, 2.24) is 25.1 Å². The number of thioether (sulfide) groups is 2. The lowest BCUT2D eigenvalue weighted by Gasteiger charge is -2.47. The van der Waals surface area contributed by atoms with Crippen molar-refractivity contribution in [2.45, 2.75) is 28.0 Å². The number of aliphatic carboxylic acids is 1. The van der Waals surface area contributed by atoms with Crippen molar-refractivity contribution >= 4 is 35.4 Å². The highest BCUT2D eigenvalue weighted by atomic mass is 32.2. The minimum Gasteiger partial charge on any atom is -0.477 e. The maximum atomic E-state index is 11.5. The maximum absolute atomic E-state index is 11.5. The van der Waals surface area contributed by atoms with Crippen molar-refractivity contribution in [3.63, 3.8) is 0 Å². The van der Waals surface area contributed by atoms with Gasteiger partial charge < -0.3 is 5.11 Å². The zero-order valence-corrected chi connectivity index (χ0v) is 12.3. The molecule has 0 spiro atoms. The molecule has 3 rings (SSSR count). The minimum atomic E-state index is -1.09. The third kappa shape index (κ3) is 2.08. The lowest BCUT2D eigenvalue weighted by molar-refractivity contribution is -0.146. The Hall–Kier alpha value is -1.55. The van der Waals surface area contributed by atoms with E-state index in [9.17, 15) is 14.7 Å². The number of carboxylic acids is 1. The fraction of sp³-hybridized carbons (Fsp3) is 0.500. The first kappa shape index (κ1) is 13.4. The molecule has 0 saturated carbocycles. The molecule has 1 N–H and O–H groups in total. The molecule has 0 aliphatic carbocycles. The van der Waals surface area contributed by atoms with Crippen LogP contribution in [0.25, 0.3) is 0 Å². The molecular formula is C10H11N5O3S2. The average Bonchev–Trinajstić information content (AvgIpc) is 2.72. The first-order valence-corrected chi connectivity index (χ1v) is 7.47. The molecule has 0 bridgehead atoms. The molecule has 1 amide bonds. The van der Waals surface area contributed by atoms with Gasteiger partial charge in [-0.15, -0.1) is 16.9 Å². The number of carboxylic acid groups (broad SMARTS) is 1. The van der Waals surface area contributed by atoms with Crippen molar-refractivity contribution in [2.75, 3.05) is 0 Å². The van der Waals surface area contributed by atoms with Crippen LogP contribution in [-0.2, 0) is 16.6 Å². The van der Waals surface area contributed by atoms with Gasteiger partial charge in [0.25, 0.3) is 0 Å². The Balaban J connectivity index is 1.93. The standard InChI is InChI=1S/C10H11N5O3S2/c1-10(20-9-11-12-13-14(9)2)4-5(8(17)18)15-6(16)3-7(15)19-10/h4,7H,3H2,1-2H3,(H,17,18)/t7-,10?/m1/s1. The number of tetrazole rings is 1. The number of rotatable bonds is 3. The first-order valence-electron chi connectivity index (χ1n) is 5.77. The van der Waals surface area contributed by atoms with E-state index < -0.39 is 10.0 Å². The molecular weight excluding hydrogens is 302 g/mol. The molecule has 2 aliphatic heterocycles. The predicted molar refractivity (Wildman–Crippen MR) is 71.6 cm³/mol. The summed E-state index contributed by atoms with van der Waals surface area (Å²) in [7, 11) is 1.72. The summed E-state index contributed by atoms with van der Waals surface area (Å²) in [6.45, 7) is 1.90. The topological polar surface area (TPSA) is 101 Å². The predicted octanol–water partition coefficient (Wildman–Crippen LogP) is 0.292. The summed E-state index contributed by atoms with van der Waals surface area (Å²) in [4.78, 5) is 24.2. The number of fused-ring (bicyclic) bond motifs is 1. The van der Waals surface area contributed by atoms with Gasteiger partial charge in [0.2, 0.25) is 11.1 Å². The second-order valence-electron chi connectivity index (χ2n) is 4.58. The monoisotopic (exact) mass is 313 g/mol. The molecule has 2 aliphatic rings. The van der Waals surface area contributed by atoms with Gasteiger partial charge in [-0.3, -0.25) is 9.69 Å². The molecule has 20 heavy (non-hydrogen) atoms. The van der Waals surface area contributed by atoms with Gasteiger partial charge in [0, 0.05) is 7.05 Å². The first-order chi connectivity index (χ1) is 9.39.